The molecule has 0 saturated carbocycles. The van der Waals surface area contributed by atoms with E-state index < -0.39 is 16.9 Å². The number of nitrogens with zero attached hydrogens (tertiary/aromatic N) is 3. The molecular weight excluding hydrogens is 446 g/mol. The van der Waals surface area contributed by atoms with Gasteiger partial charge in [0.05, 0.1) is 23.1 Å². The van der Waals surface area contributed by atoms with E-state index in [0.29, 0.717) is 30.9 Å². The Hall–Kier alpha value is -3.44. The lowest BCUT2D eigenvalue weighted by atomic mass is 10.0. The van der Waals surface area contributed by atoms with Gasteiger partial charge in [-0.15, -0.1) is 11.3 Å². The van der Waals surface area contributed by atoms with Gasteiger partial charge in [0.1, 0.15) is 0 Å². The van der Waals surface area contributed by atoms with E-state index in [1.807, 2.05) is 17.5 Å². The predicted octanol–water partition coefficient (Wildman–Crippen LogP) is 2.65. The lowest BCUT2D eigenvalue weighted by Crippen LogP contribution is -2.51. The molecule has 11 heteroatoms. The van der Waals surface area contributed by atoms with Crippen molar-refractivity contribution in [3.05, 3.63) is 68.0 Å². The van der Waals surface area contributed by atoms with Gasteiger partial charge in [0.25, 0.3) is 5.69 Å². The Kier molecular flexibility index (Phi) is 6.90. The number of ether oxygens (including phenoxy) is 1. The lowest BCUT2D eigenvalue weighted by Gasteiger charge is -2.37. The number of nitro benzene ring substituents is 1. The van der Waals surface area contributed by atoms with Crippen molar-refractivity contribution >= 4 is 34.7 Å². The van der Waals surface area contributed by atoms with Gasteiger partial charge in [-0.05, 0) is 30.5 Å². The molecular formula is C22H25N5O5S. The normalized spacial score (nSPS) is 19.1. The van der Waals surface area contributed by atoms with Crippen LogP contribution < -0.4 is 15.5 Å². The number of nitrogens with one attached hydrogen (secondary N) is 2. The number of piperazine rings is 1. The molecule has 1 fully saturated rings. The van der Waals surface area contributed by atoms with Crippen LogP contribution in [0.5, 0.6) is 0 Å². The number of rotatable bonds is 7. The van der Waals surface area contributed by atoms with Crippen LogP contribution in [0.1, 0.15) is 17.8 Å². The average Bonchev–Trinajstić information content (AvgIpc) is 3.34. The topological polar surface area (TPSA) is 117 Å². The number of nitro groups is 1. The summed E-state index contributed by atoms with van der Waals surface area (Å²) in [6.45, 7) is 5.28. The fourth-order valence-corrected chi connectivity index (χ4v) is 4.82. The number of benzene rings is 1. The second-order valence-electron chi connectivity index (χ2n) is 7.70. The number of amides is 2. The molecule has 0 radical (unpaired) electrons. The number of urea groups is 1. The molecule has 2 aliphatic rings. The van der Waals surface area contributed by atoms with Gasteiger partial charge < -0.3 is 20.3 Å². The zero-order valence-corrected chi connectivity index (χ0v) is 19.0. The number of hydrogen-bond acceptors (Lipinski definition) is 8. The molecule has 0 aliphatic carbocycles. The zero-order valence-electron chi connectivity index (χ0n) is 18.2. The Balaban J connectivity index is 1.49. The van der Waals surface area contributed by atoms with Gasteiger partial charge in [-0.2, -0.15) is 0 Å². The van der Waals surface area contributed by atoms with Crippen molar-refractivity contribution in [2.24, 2.45) is 0 Å². The van der Waals surface area contributed by atoms with E-state index in [2.05, 4.69) is 20.4 Å². The van der Waals surface area contributed by atoms with Crippen LogP contribution in [0.3, 0.4) is 0 Å². The maximum absolute atomic E-state index is 12.8. The van der Waals surface area contributed by atoms with Crippen molar-refractivity contribution in [2.75, 3.05) is 44.2 Å². The van der Waals surface area contributed by atoms with E-state index >= 15 is 0 Å². The largest absolute Gasteiger partial charge is 0.463 e. The Morgan fingerprint density at radius 2 is 1.94 bits per heavy atom. The van der Waals surface area contributed by atoms with E-state index in [-0.39, 0.29) is 18.3 Å². The number of esters is 1. The smallest absolute Gasteiger partial charge is 0.338 e. The summed E-state index contributed by atoms with van der Waals surface area (Å²) in [5.74, 6) is -0.442. The van der Waals surface area contributed by atoms with Crippen LogP contribution in [0.2, 0.25) is 0 Å². The van der Waals surface area contributed by atoms with Crippen LogP contribution in [0.25, 0.3) is 0 Å². The van der Waals surface area contributed by atoms with Crippen molar-refractivity contribution < 1.29 is 19.2 Å². The van der Waals surface area contributed by atoms with Crippen molar-refractivity contribution in [3.63, 3.8) is 0 Å². The highest BCUT2D eigenvalue weighted by molar-refractivity contribution is 7.10. The van der Waals surface area contributed by atoms with Crippen LogP contribution in [0.15, 0.2) is 53.0 Å². The van der Waals surface area contributed by atoms with Gasteiger partial charge in [-0.25, -0.2) is 9.59 Å². The van der Waals surface area contributed by atoms with Crippen molar-refractivity contribution in [1.29, 1.82) is 0 Å². The predicted molar refractivity (Wildman–Crippen MR) is 124 cm³/mol. The van der Waals surface area contributed by atoms with Crippen LogP contribution in [0.4, 0.5) is 16.2 Å². The van der Waals surface area contributed by atoms with Crippen LogP contribution in [-0.2, 0) is 9.53 Å². The van der Waals surface area contributed by atoms with Gasteiger partial charge in [0, 0.05) is 61.1 Å². The zero-order chi connectivity index (χ0) is 23.4. The molecule has 1 aromatic carbocycles. The van der Waals surface area contributed by atoms with Gasteiger partial charge in [-0.3, -0.25) is 15.0 Å². The molecule has 0 bridgehead atoms. The van der Waals surface area contributed by atoms with Gasteiger partial charge >= 0.3 is 12.0 Å². The Labute approximate surface area is 195 Å². The highest BCUT2D eigenvalue weighted by Gasteiger charge is 2.35. The van der Waals surface area contributed by atoms with Crippen molar-refractivity contribution in [3.8, 4) is 0 Å². The number of thiophene rings is 1. The molecule has 1 aromatic heterocycles. The minimum absolute atomic E-state index is 0.0674. The second-order valence-corrected chi connectivity index (χ2v) is 8.68. The summed E-state index contributed by atoms with van der Waals surface area (Å²) in [7, 11) is 0. The highest BCUT2D eigenvalue weighted by atomic mass is 32.1. The van der Waals surface area contributed by atoms with E-state index in [0.717, 1.165) is 23.7 Å². The van der Waals surface area contributed by atoms with E-state index in [1.54, 1.807) is 19.1 Å². The highest BCUT2D eigenvalue weighted by Crippen LogP contribution is 2.31. The molecule has 2 aliphatic heterocycles. The minimum Gasteiger partial charge on any atom is -0.463 e. The summed E-state index contributed by atoms with van der Waals surface area (Å²) in [5, 5.41) is 18.4. The molecule has 3 heterocycles. The first-order valence-corrected chi connectivity index (χ1v) is 11.6. The first kappa shape index (κ1) is 22.7. The molecule has 2 aromatic rings. The quantitative estimate of drug-likeness (QED) is 0.362. The molecule has 1 atom stereocenters. The fraction of sp³-hybridized carbons (Fsp3) is 0.364. The van der Waals surface area contributed by atoms with E-state index in [9.17, 15) is 19.7 Å². The maximum atomic E-state index is 12.8. The van der Waals surface area contributed by atoms with E-state index in [4.69, 9.17) is 4.74 Å². The summed E-state index contributed by atoms with van der Waals surface area (Å²) in [6.07, 6.45) is 0. The van der Waals surface area contributed by atoms with Crippen LogP contribution in [-0.4, -0.2) is 61.2 Å². The summed E-state index contributed by atoms with van der Waals surface area (Å²) in [4.78, 5) is 40.9. The Morgan fingerprint density at radius 1 is 1.21 bits per heavy atom. The molecule has 2 amide bonds. The molecule has 2 N–H and O–H groups in total. The third-order valence-corrected chi connectivity index (χ3v) is 6.59. The Morgan fingerprint density at radius 3 is 2.55 bits per heavy atom. The number of carbonyl (C=O) groups excluding carboxylic acids is 2. The fourth-order valence-electron chi connectivity index (χ4n) is 4.03. The summed E-state index contributed by atoms with van der Waals surface area (Å²) < 4.78 is 5.31. The van der Waals surface area contributed by atoms with Crippen LogP contribution in [0, 0.1) is 10.1 Å². The summed E-state index contributed by atoms with van der Waals surface area (Å²) in [6, 6.07) is 9.41. The minimum atomic E-state index is -0.547. The third kappa shape index (κ3) is 5.15. The number of hydrogen-bond donors (Lipinski definition) is 2. The lowest BCUT2D eigenvalue weighted by molar-refractivity contribution is -0.384. The van der Waals surface area contributed by atoms with Gasteiger partial charge in [0.15, 0.2) is 0 Å². The van der Waals surface area contributed by atoms with Gasteiger partial charge in [-0.1, -0.05) is 6.07 Å². The molecule has 0 spiro atoms. The third-order valence-electron chi connectivity index (χ3n) is 5.66. The second kappa shape index (κ2) is 10.0. The molecule has 1 saturated heterocycles. The van der Waals surface area contributed by atoms with E-state index in [1.165, 1.54) is 23.5 Å². The average molecular weight is 472 g/mol. The van der Waals surface area contributed by atoms with Crippen molar-refractivity contribution in [2.45, 2.75) is 13.0 Å². The monoisotopic (exact) mass is 471 g/mol. The van der Waals surface area contributed by atoms with Gasteiger partial charge in [0.2, 0.25) is 0 Å². The number of anilines is 1. The number of non-ortho nitro benzene ring substituents is 1. The Bertz CT molecular complexity index is 1050. The first-order chi connectivity index (χ1) is 16.0. The molecule has 33 heavy (non-hydrogen) atoms. The summed E-state index contributed by atoms with van der Waals surface area (Å²) in [5.41, 5.74) is 1.98. The van der Waals surface area contributed by atoms with Crippen LogP contribution >= 0.6 is 11.3 Å². The SMILES string of the molecule is CCOC(=O)C1=C(CN2CCN(c3ccc([N+](=O)[O-])cc3)CC2)NC(=O)NC1c1cccs1. The first-order valence-electron chi connectivity index (χ1n) is 10.7. The summed E-state index contributed by atoms with van der Waals surface area (Å²) >= 11 is 1.47. The van der Waals surface area contributed by atoms with Crippen molar-refractivity contribution in [1.82, 2.24) is 15.5 Å². The molecule has 4 rings (SSSR count). The molecule has 1 unspecified atom stereocenters. The standard InChI is InChI=1S/C22H25N5O5S/c1-2-32-21(28)19-17(23-22(29)24-20(19)18-4-3-13-33-18)14-25-9-11-26(12-10-25)15-5-7-16(8-6-15)27(30)31/h3-8,13,20H,2,9-12,14H2,1H3,(H2,23,24,29). The molecule has 10 nitrogen and oxygen atoms in total. The maximum Gasteiger partial charge on any atom is 0.338 e. The number of carbonyl (C=O) groups is 2. The molecule has 174 valence electrons.